The average Bonchev–Trinajstić information content (AvgIpc) is 2.47. The van der Waals surface area contributed by atoms with Gasteiger partial charge in [0.15, 0.2) is 0 Å². The number of piperidine rings is 1. The molecule has 2 nitrogen and oxygen atoms in total. The molecular formula is C19H32N2. The van der Waals surface area contributed by atoms with E-state index in [1.54, 1.807) is 0 Å². The highest BCUT2D eigenvalue weighted by Crippen LogP contribution is 2.25. The van der Waals surface area contributed by atoms with Crippen LogP contribution in [0.5, 0.6) is 0 Å². The first-order valence-electron chi connectivity index (χ1n) is 8.49. The standard InChI is InChI=1S/C19H32N2/c1-6-21-13-7-8-16(14-21)15(2)20-18-11-9-17(10-12-18)19(3,4)5/h9-12,15-16,20H,6-8,13-14H2,1-5H3. The van der Waals surface area contributed by atoms with Gasteiger partial charge < -0.3 is 10.2 Å². The second kappa shape index (κ2) is 6.83. The van der Waals surface area contributed by atoms with Crippen molar-refractivity contribution in [2.24, 2.45) is 5.92 Å². The predicted molar refractivity (Wildman–Crippen MR) is 93.1 cm³/mol. The van der Waals surface area contributed by atoms with E-state index >= 15 is 0 Å². The summed E-state index contributed by atoms with van der Waals surface area (Å²) < 4.78 is 0. The van der Waals surface area contributed by atoms with E-state index in [0.717, 1.165) is 5.92 Å². The lowest BCUT2D eigenvalue weighted by Gasteiger charge is -2.35. The van der Waals surface area contributed by atoms with Crippen LogP contribution in [0.2, 0.25) is 0 Å². The second-order valence-electron chi connectivity index (χ2n) is 7.56. The van der Waals surface area contributed by atoms with Crippen LogP contribution in [0.4, 0.5) is 5.69 Å². The third-order valence-corrected chi connectivity index (χ3v) is 4.84. The quantitative estimate of drug-likeness (QED) is 0.876. The normalized spacial score (nSPS) is 22.0. The molecule has 118 valence electrons. The molecule has 0 spiro atoms. The van der Waals surface area contributed by atoms with Crippen LogP contribution in [-0.2, 0) is 5.41 Å². The van der Waals surface area contributed by atoms with Gasteiger partial charge in [0.1, 0.15) is 0 Å². The van der Waals surface area contributed by atoms with Crippen LogP contribution in [-0.4, -0.2) is 30.6 Å². The maximum Gasteiger partial charge on any atom is 0.0342 e. The van der Waals surface area contributed by atoms with E-state index in [1.807, 2.05) is 0 Å². The summed E-state index contributed by atoms with van der Waals surface area (Å²) in [6.07, 6.45) is 2.69. The lowest BCUT2D eigenvalue weighted by molar-refractivity contribution is 0.172. The van der Waals surface area contributed by atoms with Crippen LogP contribution >= 0.6 is 0 Å². The molecule has 2 atom stereocenters. The Morgan fingerprint density at radius 2 is 1.90 bits per heavy atom. The molecule has 1 fully saturated rings. The molecule has 0 saturated carbocycles. The van der Waals surface area contributed by atoms with Gasteiger partial charge in [-0.2, -0.15) is 0 Å². The zero-order valence-corrected chi connectivity index (χ0v) is 14.4. The molecule has 2 heteroatoms. The molecule has 2 rings (SSSR count). The number of nitrogens with one attached hydrogen (secondary N) is 1. The number of rotatable bonds is 4. The molecule has 1 aliphatic rings. The maximum atomic E-state index is 3.71. The topological polar surface area (TPSA) is 15.3 Å². The lowest BCUT2D eigenvalue weighted by atomic mass is 9.87. The fourth-order valence-corrected chi connectivity index (χ4v) is 3.23. The molecule has 0 amide bonds. The average molecular weight is 288 g/mol. The number of anilines is 1. The smallest absolute Gasteiger partial charge is 0.0342 e. The summed E-state index contributed by atoms with van der Waals surface area (Å²) >= 11 is 0. The van der Waals surface area contributed by atoms with Crippen molar-refractivity contribution in [3.63, 3.8) is 0 Å². The molecule has 1 N–H and O–H groups in total. The van der Waals surface area contributed by atoms with Crippen molar-refractivity contribution in [2.45, 2.75) is 58.9 Å². The molecule has 0 aliphatic carbocycles. The Morgan fingerprint density at radius 3 is 2.48 bits per heavy atom. The third kappa shape index (κ3) is 4.47. The Hall–Kier alpha value is -1.02. The summed E-state index contributed by atoms with van der Waals surface area (Å²) in [5.41, 5.74) is 2.88. The lowest BCUT2D eigenvalue weighted by Crippen LogP contribution is -2.41. The minimum atomic E-state index is 0.231. The monoisotopic (exact) mass is 288 g/mol. The van der Waals surface area contributed by atoms with Gasteiger partial charge in [-0.05, 0) is 61.9 Å². The third-order valence-electron chi connectivity index (χ3n) is 4.84. The highest BCUT2D eigenvalue weighted by atomic mass is 15.1. The first-order chi connectivity index (χ1) is 9.90. The van der Waals surface area contributed by atoms with E-state index < -0.39 is 0 Å². The fourth-order valence-electron chi connectivity index (χ4n) is 3.23. The minimum absolute atomic E-state index is 0.231. The van der Waals surface area contributed by atoms with Gasteiger partial charge in [0.05, 0.1) is 0 Å². The Kier molecular flexibility index (Phi) is 5.32. The molecule has 2 unspecified atom stereocenters. The Balaban J connectivity index is 1.94. The van der Waals surface area contributed by atoms with Crippen molar-refractivity contribution in [3.05, 3.63) is 29.8 Å². The van der Waals surface area contributed by atoms with Gasteiger partial charge in [-0.1, -0.05) is 39.8 Å². The van der Waals surface area contributed by atoms with Gasteiger partial charge in [-0.3, -0.25) is 0 Å². The van der Waals surface area contributed by atoms with Crippen LogP contribution in [0.1, 0.15) is 53.0 Å². The SMILES string of the molecule is CCN1CCCC(C(C)Nc2ccc(C(C)(C)C)cc2)C1. The highest BCUT2D eigenvalue weighted by molar-refractivity contribution is 5.46. The highest BCUT2D eigenvalue weighted by Gasteiger charge is 2.23. The van der Waals surface area contributed by atoms with Gasteiger partial charge in [-0.25, -0.2) is 0 Å². The van der Waals surface area contributed by atoms with Crippen LogP contribution in [0.15, 0.2) is 24.3 Å². The first-order valence-corrected chi connectivity index (χ1v) is 8.49. The van der Waals surface area contributed by atoms with Crippen LogP contribution in [0.3, 0.4) is 0 Å². The van der Waals surface area contributed by atoms with Gasteiger partial charge in [-0.15, -0.1) is 0 Å². The molecule has 21 heavy (non-hydrogen) atoms. The maximum absolute atomic E-state index is 3.71. The number of nitrogens with zero attached hydrogens (tertiary/aromatic N) is 1. The molecule has 1 aromatic carbocycles. The Morgan fingerprint density at radius 1 is 1.24 bits per heavy atom. The van der Waals surface area contributed by atoms with Crippen molar-refractivity contribution in [3.8, 4) is 0 Å². The molecule has 1 aromatic rings. The molecule has 1 aliphatic heterocycles. The summed E-state index contributed by atoms with van der Waals surface area (Å²) in [5.74, 6) is 0.765. The number of hydrogen-bond donors (Lipinski definition) is 1. The van der Waals surface area contributed by atoms with Crippen LogP contribution in [0.25, 0.3) is 0 Å². The summed E-state index contributed by atoms with van der Waals surface area (Å²) in [6, 6.07) is 9.53. The first kappa shape index (κ1) is 16.4. The number of hydrogen-bond acceptors (Lipinski definition) is 2. The molecule has 0 radical (unpaired) electrons. The van der Waals surface area contributed by atoms with Gasteiger partial charge >= 0.3 is 0 Å². The Bertz CT molecular complexity index is 430. The molecule has 1 heterocycles. The van der Waals surface area contributed by atoms with Crippen molar-refractivity contribution in [1.29, 1.82) is 0 Å². The van der Waals surface area contributed by atoms with Gasteiger partial charge in [0, 0.05) is 18.3 Å². The number of likely N-dealkylation sites (tertiary alicyclic amines) is 1. The molecule has 1 saturated heterocycles. The van der Waals surface area contributed by atoms with E-state index in [2.05, 4.69) is 69.1 Å². The molecular weight excluding hydrogens is 256 g/mol. The van der Waals surface area contributed by atoms with E-state index in [-0.39, 0.29) is 5.41 Å². The summed E-state index contributed by atoms with van der Waals surface area (Å²) in [4.78, 5) is 2.58. The molecule has 0 bridgehead atoms. The van der Waals surface area contributed by atoms with E-state index in [1.165, 1.54) is 43.7 Å². The van der Waals surface area contributed by atoms with Crippen LogP contribution < -0.4 is 5.32 Å². The van der Waals surface area contributed by atoms with Gasteiger partial charge in [0.2, 0.25) is 0 Å². The van der Waals surface area contributed by atoms with E-state index in [9.17, 15) is 0 Å². The minimum Gasteiger partial charge on any atom is -0.382 e. The largest absolute Gasteiger partial charge is 0.382 e. The van der Waals surface area contributed by atoms with E-state index in [4.69, 9.17) is 0 Å². The van der Waals surface area contributed by atoms with Crippen molar-refractivity contribution >= 4 is 5.69 Å². The Labute approximate surface area is 130 Å². The van der Waals surface area contributed by atoms with Crippen molar-refractivity contribution < 1.29 is 0 Å². The van der Waals surface area contributed by atoms with Crippen LogP contribution in [0, 0.1) is 5.92 Å². The number of benzene rings is 1. The predicted octanol–water partition coefficient (Wildman–Crippen LogP) is 4.52. The van der Waals surface area contributed by atoms with Gasteiger partial charge in [0.25, 0.3) is 0 Å². The van der Waals surface area contributed by atoms with E-state index in [0.29, 0.717) is 6.04 Å². The van der Waals surface area contributed by atoms with Crippen molar-refractivity contribution in [1.82, 2.24) is 4.90 Å². The molecule has 0 aromatic heterocycles. The summed E-state index contributed by atoms with van der Waals surface area (Å²) in [7, 11) is 0. The summed E-state index contributed by atoms with van der Waals surface area (Å²) in [5, 5.41) is 3.71. The zero-order valence-electron chi connectivity index (χ0n) is 14.4. The second-order valence-corrected chi connectivity index (χ2v) is 7.56. The summed E-state index contributed by atoms with van der Waals surface area (Å²) in [6.45, 7) is 15.1. The fraction of sp³-hybridized carbons (Fsp3) is 0.684. The zero-order chi connectivity index (χ0) is 15.5. The van der Waals surface area contributed by atoms with Crippen molar-refractivity contribution in [2.75, 3.05) is 25.0 Å².